The maximum Gasteiger partial charge on any atom is 0.253 e. The highest BCUT2D eigenvalue weighted by molar-refractivity contribution is 6.06. The Morgan fingerprint density at radius 2 is 2.00 bits per heavy atom. The molecule has 0 bridgehead atoms. The molecule has 0 fully saturated rings. The van der Waals surface area contributed by atoms with Gasteiger partial charge in [0.25, 0.3) is 5.91 Å². The van der Waals surface area contributed by atoms with Crippen LogP contribution in [0.2, 0.25) is 0 Å². The van der Waals surface area contributed by atoms with Gasteiger partial charge in [0.2, 0.25) is 0 Å². The second-order valence-electron chi connectivity index (χ2n) is 6.04. The predicted molar refractivity (Wildman–Crippen MR) is 97.3 cm³/mol. The van der Waals surface area contributed by atoms with E-state index in [0.29, 0.717) is 6.54 Å². The molecule has 0 spiro atoms. The number of nitrogens with zero attached hydrogens (tertiary/aromatic N) is 1. The lowest BCUT2D eigenvalue weighted by molar-refractivity contribution is 0.0955. The molecule has 0 radical (unpaired) electrons. The van der Waals surface area contributed by atoms with E-state index in [0.717, 1.165) is 28.4 Å². The molecule has 0 atom stereocenters. The number of fused-ring (bicyclic) bond motifs is 2. The number of rotatable bonds is 4. The molecule has 0 aliphatic heterocycles. The topological polar surface area (TPSA) is 49.8 Å². The molecular weight excluding hydrogens is 298 g/mol. The van der Waals surface area contributed by atoms with Crippen LogP contribution in [0, 0.1) is 0 Å². The second kappa shape index (κ2) is 5.89. The van der Waals surface area contributed by atoms with Crippen molar-refractivity contribution in [3.63, 3.8) is 0 Å². The van der Waals surface area contributed by atoms with Crippen molar-refractivity contribution in [2.75, 3.05) is 6.54 Å². The molecule has 0 aliphatic rings. The summed E-state index contributed by atoms with van der Waals surface area (Å²) < 4.78 is 1.99. The molecule has 2 N–H and O–H groups in total. The number of carbonyl (C=O) groups excluding carboxylic acids is 1. The summed E-state index contributed by atoms with van der Waals surface area (Å²) in [5.74, 6) is -0.0257. The van der Waals surface area contributed by atoms with Gasteiger partial charge in [-0.1, -0.05) is 30.3 Å². The summed E-state index contributed by atoms with van der Waals surface area (Å²) in [5.41, 5.74) is 4.05. The van der Waals surface area contributed by atoms with Gasteiger partial charge in [0.1, 0.15) is 0 Å². The van der Waals surface area contributed by atoms with E-state index in [4.69, 9.17) is 0 Å². The molecule has 0 unspecified atom stereocenters. The van der Waals surface area contributed by atoms with E-state index < -0.39 is 0 Å². The average molecular weight is 317 g/mol. The van der Waals surface area contributed by atoms with Gasteiger partial charge in [0, 0.05) is 42.3 Å². The third-order valence-electron chi connectivity index (χ3n) is 4.50. The second-order valence-corrected chi connectivity index (χ2v) is 6.04. The number of hydrogen-bond acceptors (Lipinski definition) is 1. The van der Waals surface area contributed by atoms with Crippen molar-refractivity contribution in [2.24, 2.45) is 7.05 Å². The number of nitrogens with one attached hydrogen (secondary N) is 2. The van der Waals surface area contributed by atoms with Crippen molar-refractivity contribution in [1.29, 1.82) is 0 Å². The molecule has 24 heavy (non-hydrogen) atoms. The number of hydrogen-bond donors (Lipinski definition) is 2. The Morgan fingerprint density at radius 3 is 2.92 bits per heavy atom. The summed E-state index contributed by atoms with van der Waals surface area (Å²) in [6.45, 7) is 0.613. The third-order valence-corrected chi connectivity index (χ3v) is 4.50. The van der Waals surface area contributed by atoms with Crippen LogP contribution in [0.5, 0.6) is 0 Å². The van der Waals surface area contributed by atoms with E-state index in [-0.39, 0.29) is 5.91 Å². The fraction of sp³-hybridized carbons (Fsp3) is 0.150. The van der Waals surface area contributed by atoms with Crippen molar-refractivity contribution in [2.45, 2.75) is 6.42 Å². The number of para-hydroxylation sites is 2. The smallest absolute Gasteiger partial charge is 0.253 e. The Kier molecular flexibility index (Phi) is 3.58. The Bertz CT molecular complexity index is 1030. The molecule has 1 amide bonds. The van der Waals surface area contributed by atoms with E-state index >= 15 is 0 Å². The molecule has 0 saturated heterocycles. The summed E-state index contributed by atoms with van der Waals surface area (Å²) in [5, 5.41) is 5.35. The van der Waals surface area contributed by atoms with Gasteiger partial charge in [-0.3, -0.25) is 4.79 Å². The van der Waals surface area contributed by atoms with Gasteiger partial charge in [0.15, 0.2) is 0 Å². The Morgan fingerprint density at radius 1 is 1.12 bits per heavy atom. The molecule has 4 nitrogen and oxygen atoms in total. The summed E-state index contributed by atoms with van der Waals surface area (Å²) in [7, 11) is 1.96. The van der Waals surface area contributed by atoms with Crippen LogP contribution in [0.25, 0.3) is 21.8 Å². The lowest BCUT2D eigenvalue weighted by Crippen LogP contribution is -2.26. The molecule has 4 aromatic rings. The van der Waals surface area contributed by atoms with Crippen LogP contribution in [-0.2, 0) is 13.5 Å². The number of aromatic nitrogens is 2. The fourth-order valence-electron chi connectivity index (χ4n) is 3.28. The summed E-state index contributed by atoms with van der Waals surface area (Å²) in [6.07, 6.45) is 4.81. The highest BCUT2D eigenvalue weighted by Crippen LogP contribution is 2.20. The van der Waals surface area contributed by atoms with Crippen LogP contribution in [0.15, 0.2) is 60.9 Å². The predicted octanol–water partition coefficient (Wildman–Crippen LogP) is 3.63. The highest BCUT2D eigenvalue weighted by Gasteiger charge is 2.12. The zero-order chi connectivity index (χ0) is 16.5. The minimum atomic E-state index is -0.0257. The zero-order valence-electron chi connectivity index (χ0n) is 13.5. The van der Waals surface area contributed by atoms with Gasteiger partial charge in [-0.15, -0.1) is 0 Å². The monoisotopic (exact) mass is 317 g/mol. The average Bonchev–Trinajstić information content (AvgIpc) is 3.19. The molecule has 2 heterocycles. The zero-order valence-corrected chi connectivity index (χ0v) is 13.5. The SMILES string of the molecule is Cn1ccc2cccc(C(=O)NCCc3c[nH]c4ccccc34)c21. The van der Waals surface area contributed by atoms with Crippen molar-refractivity contribution in [3.05, 3.63) is 72.1 Å². The first-order chi connectivity index (χ1) is 11.7. The maximum absolute atomic E-state index is 12.6. The minimum Gasteiger partial charge on any atom is -0.361 e. The first kappa shape index (κ1) is 14.6. The molecule has 4 rings (SSSR count). The molecule has 120 valence electrons. The molecule has 0 saturated carbocycles. The summed E-state index contributed by atoms with van der Waals surface area (Å²) in [4.78, 5) is 15.8. The van der Waals surface area contributed by atoms with Gasteiger partial charge in [0.05, 0.1) is 11.1 Å². The molecular formula is C20H19N3O. The van der Waals surface area contributed by atoms with E-state index in [1.54, 1.807) is 0 Å². The normalized spacial score (nSPS) is 11.2. The molecule has 2 aromatic heterocycles. The van der Waals surface area contributed by atoms with Crippen molar-refractivity contribution in [1.82, 2.24) is 14.9 Å². The van der Waals surface area contributed by atoms with Crippen molar-refractivity contribution >= 4 is 27.7 Å². The van der Waals surface area contributed by atoms with E-state index in [2.05, 4.69) is 22.4 Å². The van der Waals surface area contributed by atoms with Gasteiger partial charge < -0.3 is 14.9 Å². The summed E-state index contributed by atoms with van der Waals surface area (Å²) >= 11 is 0. The Labute approximate surface area is 140 Å². The number of H-pyrrole nitrogens is 1. The molecule has 4 heteroatoms. The van der Waals surface area contributed by atoms with E-state index in [1.807, 2.05) is 60.4 Å². The van der Waals surface area contributed by atoms with Crippen molar-refractivity contribution < 1.29 is 4.79 Å². The first-order valence-electron chi connectivity index (χ1n) is 8.11. The number of aryl methyl sites for hydroxylation is 1. The van der Waals surface area contributed by atoms with E-state index in [1.165, 1.54) is 10.9 Å². The number of aromatic amines is 1. The van der Waals surface area contributed by atoms with Gasteiger partial charge in [-0.2, -0.15) is 0 Å². The van der Waals surface area contributed by atoms with E-state index in [9.17, 15) is 4.79 Å². The Hall–Kier alpha value is -3.01. The highest BCUT2D eigenvalue weighted by atomic mass is 16.1. The van der Waals surface area contributed by atoms with Gasteiger partial charge in [-0.05, 0) is 30.2 Å². The standard InChI is InChI=1S/C20H19N3O/c1-23-12-10-14-5-4-7-17(19(14)23)20(24)21-11-9-15-13-22-18-8-3-2-6-16(15)18/h2-8,10,12-13,22H,9,11H2,1H3,(H,21,24). The third kappa shape index (κ3) is 2.46. The number of amides is 1. The van der Waals surface area contributed by atoms with Crippen LogP contribution in [0.4, 0.5) is 0 Å². The first-order valence-corrected chi connectivity index (χ1v) is 8.11. The number of carbonyl (C=O) groups is 1. The lowest BCUT2D eigenvalue weighted by Gasteiger charge is -2.08. The summed E-state index contributed by atoms with van der Waals surface area (Å²) in [6, 6.07) is 16.1. The van der Waals surface area contributed by atoms with Gasteiger partial charge >= 0.3 is 0 Å². The lowest BCUT2D eigenvalue weighted by atomic mass is 10.1. The van der Waals surface area contributed by atoms with Crippen LogP contribution < -0.4 is 5.32 Å². The molecule has 0 aliphatic carbocycles. The van der Waals surface area contributed by atoms with Crippen LogP contribution >= 0.6 is 0 Å². The molecule has 2 aromatic carbocycles. The fourth-order valence-corrected chi connectivity index (χ4v) is 3.28. The van der Waals surface area contributed by atoms with Gasteiger partial charge in [-0.25, -0.2) is 0 Å². The maximum atomic E-state index is 12.6. The van der Waals surface area contributed by atoms with Crippen molar-refractivity contribution in [3.8, 4) is 0 Å². The largest absolute Gasteiger partial charge is 0.361 e. The van der Waals surface area contributed by atoms with Crippen LogP contribution in [0.3, 0.4) is 0 Å². The number of benzene rings is 2. The minimum absolute atomic E-state index is 0.0257. The quantitative estimate of drug-likeness (QED) is 0.593. The van der Waals surface area contributed by atoms with Crippen LogP contribution in [0.1, 0.15) is 15.9 Å². The Balaban J connectivity index is 1.49. The van der Waals surface area contributed by atoms with Crippen LogP contribution in [-0.4, -0.2) is 22.0 Å².